The molecule has 0 aliphatic carbocycles. The van der Waals surface area contributed by atoms with Crippen LogP contribution in [0.2, 0.25) is 0 Å². The Balaban J connectivity index is 1.36. The van der Waals surface area contributed by atoms with Crippen LogP contribution in [0.5, 0.6) is 0 Å². The predicted molar refractivity (Wildman–Crippen MR) is 96.0 cm³/mol. The molecular weight excluding hydrogens is 337 g/mol. The molecule has 4 nitrogen and oxygen atoms in total. The van der Waals surface area contributed by atoms with Crippen molar-refractivity contribution in [1.82, 2.24) is 15.1 Å². The molecule has 6 heteroatoms. The molecule has 1 aliphatic heterocycles. The van der Waals surface area contributed by atoms with E-state index in [9.17, 15) is 4.39 Å². The van der Waals surface area contributed by atoms with Gasteiger partial charge in [-0.3, -0.25) is 4.90 Å². The van der Waals surface area contributed by atoms with E-state index in [0.29, 0.717) is 11.8 Å². The molecule has 0 atom stereocenters. The topological polar surface area (TPSA) is 42.2 Å². The molecule has 3 aromatic rings. The van der Waals surface area contributed by atoms with E-state index in [1.807, 2.05) is 12.1 Å². The maximum atomic E-state index is 13.3. The van der Waals surface area contributed by atoms with Crippen molar-refractivity contribution < 1.29 is 8.81 Å². The number of piperidine rings is 1. The van der Waals surface area contributed by atoms with Crippen LogP contribution in [0.15, 0.2) is 40.8 Å². The van der Waals surface area contributed by atoms with Gasteiger partial charge < -0.3 is 4.42 Å². The number of halogens is 1. The second-order valence-electron chi connectivity index (χ2n) is 6.54. The lowest BCUT2D eigenvalue weighted by Crippen LogP contribution is -2.32. The van der Waals surface area contributed by atoms with Crippen molar-refractivity contribution in [2.24, 2.45) is 0 Å². The summed E-state index contributed by atoms with van der Waals surface area (Å²) in [6.07, 6.45) is 1.97. The number of aromatic nitrogens is 2. The Morgan fingerprint density at radius 2 is 2.04 bits per heavy atom. The van der Waals surface area contributed by atoms with Crippen LogP contribution in [-0.4, -0.2) is 28.2 Å². The van der Waals surface area contributed by atoms with Crippen LogP contribution in [0.1, 0.15) is 35.1 Å². The first kappa shape index (κ1) is 16.4. The first-order valence-electron chi connectivity index (χ1n) is 8.54. The fourth-order valence-corrected chi connectivity index (χ4v) is 4.07. The van der Waals surface area contributed by atoms with Crippen molar-refractivity contribution in [3.63, 3.8) is 0 Å². The van der Waals surface area contributed by atoms with Crippen molar-refractivity contribution in [1.29, 1.82) is 0 Å². The van der Waals surface area contributed by atoms with E-state index < -0.39 is 0 Å². The van der Waals surface area contributed by atoms with Gasteiger partial charge in [-0.1, -0.05) is 12.1 Å². The number of aryl methyl sites for hydroxylation is 1. The number of hydrogen-bond donors (Lipinski definition) is 0. The minimum atomic E-state index is -0.172. The summed E-state index contributed by atoms with van der Waals surface area (Å²) in [6, 6.07) is 10.9. The maximum absolute atomic E-state index is 13.3. The molecule has 3 heterocycles. The molecule has 0 amide bonds. The Morgan fingerprint density at radius 1 is 1.20 bits per heavy atom. The molecule has 1 aromatic carbocycles. The Bertz CT molecular complexity index is 852. The van der Waals surface area contributed by atoms with Gasteiger partial charge in [0.15, 0.2) is 0 Å². The van der Waals surface area contributed by atoms with E-state index in [-0.39, 0.29) is 5.82 Å². The van der Waals surface area contributed by atoms with Crippen molar-refractivity contribution in [3.05, 3.63) is 58.5 Å². The molecular formula is C19H20FN3OS. The summed E-state index contributed by atoms with van der Waals surface area (Å²) in [6.45, 7) is 4.77. The van der Waals surface area contributed by atoms with Crippen LogP contribution in [0.25, 0.3) is 10.8 Å². The highest BCUT2D eigenvalue weighted by molar-refractivity contribution is 7.15. The molecule has 0 spiro atoms. The summed E-state index contributed by atoms with van der Waals surface area (Å²) in [7, 11) is 0. The lowest BCUT2D eigenvalue weighted by Gasteiger charge is -2.30. The average molecular weight is 357 g/mol. The number of nitrogens with zero attached hydrogens (tertiary/aromatic N) is 3. The summed E-state index contributed by atoms with van der Waals surface area (Å²) in [5.74, 6) is 1.50. The van der Waals surface area contributed by atoms with Crippen molar-refractivity contribution in [2.75, 3.05) is 13.1 Å². The van der Waals surface area contributed by atoms with Gasteiger partial charge in [-0.25, -0.2) is 4.39 Å². The third-order valence-electron chi connectivity index (χ3n) is 4.62. The highest BCUT2D eigenvalue weighted by Gasteiger charge is 2.25. The quantitative estimate of drug-likeness (QED) is 0.683. The molecule has 1 fully saturated rings. The van der Waals surface area contributed by atoms with Gasteiger partial charge in [0.2, 0.25) is 5.89 Å². The Labute approximate surface area is 150 Å². The van der Waals surface area contributed by atoms with E-state index in [2.05, 4.69) is 28.1 Å². The summed E-state index contributed by atoms with van der Waals surface area (Å²) < 4.78 is 19.2. The zero-order valence-electron chi connectivity index (χ0n) is 14.1. The third kappa shape index (κ3) is 3.80. The zero-order valence-corrected chi connectivity index (χ0v) is 14.9. The van der Waals surface area contributed by atoms with E-state index in [1.54, 1.807) is 23.5 Å². The molecule has 1 aliphatic rings. The molecule has 1 saturated heterocycles. The van der Waals surface area contributed by atoms with E-state index >= 15 is 0 Å². The van der Waals surface area contributed by atoms with Crippen LogP contribution >= 0.6 is 11.3 Å². The molecule has 2 aromatic heterocycles. The first-order valence-corrected chi connectivity index (χ1v) is 9.36. The highest BCUT2D eigenvalue weighted by atomic mass is 32.1. The van der Waals surface area contributed by atoms with Gasteiger partial charge in [0.25, 0.3) is 5.89 Å². The van der Waals surface area contributed by atoms with Gasteiger partial charge in [-0.15, -0.1) is 21.5 Å². The van der Waals surface area contributed by atoms with Crippen LogP contribution in [0.3, 0.4) is 0 Å². The first-order chi connectivity index (χ1) is 12.2. The Kier molecular flexibility index (Phi) is 4.63. The standard InChI is InChI=1S/C19H20FN3OS/c1-13-5-6-17(25-13)19-22-21-18(24-19)15-7-9-23(10-8-15)12-14-3-2-4-16(20)11-14/h2-6,11,15H,7-10,12H2,1H3. The smallest absolute Gasteiger partial charge is 0.257 e. The molecule has 0 saturated carbocycles. The van der Waals surface area contributed by atoms with E-state index in [4.69, 9.17) is 4.42 Å². The Hall–Kier alpha value is -2.05. The van der Waals surface area contributed by atoms with Crippen LogP contribution in [0, 0.1) is 12.7 Å². The van der Waals surface area contributed by atoms with Crippen LogP contribution in [-0.2, 0) is 6.54 Å². The number of likely N-dealkylation sites (tertiary alicyclic amines) is 1. The molecule has 0 radical (unpaired) electrons. The maximum Gasteiger partial charge on any atom is 0.257 e. The van der Waals surface area contributed by atoms with Crippen LogP contribution in [0.4, 0.5) is 4.39 Å². The predicted octanol–water partition coefficient (Wildman–Crippen LogP) is 4.63. The van der Waals surface area contributed by atoms with Gasteiger partial charge in [-0.05, 0) is 62.7 Å². The summed E-state index contributed by atoms with van der Waals surface area (Å²) in [5.41, 5.74) is 1.02. The number of rotatable bonds is 4. The van der Waals surface area contributed by atoms with Gasteiger partial charge >= 0.3 is 0 Å². The van der Waals surface area contributed by atoms with Gasteiger partial charge in [0.05, 0.1) is 4.88 Å². The summed E-state index contributed by atoms with van der Waals surface area (Å²) in [5, 5.41) is 8.48. The Morgan fingerprint density at radius 3 is 2.76 bits per heavy atom. The fraction of sp³-hybridized carbons (Fsp3) is 0.368. The van der Waals surface area contributed by atoms with Gasteiger partial charge in [0.1, 0.15) is 5.82 Å². The molecule has 130 valence electrons. The molecule has 0 N–H and O–H groups in total. The number of hydrogen-bond acceptors (Lipinski definition) is 5. The van der Waals surface area contributed by atoms with Crippen molar-refractivity contribution >= 4 is 11.3 Å². The second-order valence-corrected chi connectivity index (χ2v) is 7.82. The normalized spacial score (nSPS) is 16.4. The SMILES string of the molecule is Cc1ccc(-c2nnc(C3CCN(Cc4cccc(F)c4)CC3)o2)s1. The molecule has 25 heavy (non-hydrogen) atoms. The monoisotopic (exact) mass is 357 g/mol. The van der Waals surface area contributed by atoms with Gasteiger partial charge in [-0.2, -0.15) is 0 Å². The van der Waals surface area contributed by atoms with Crippen LogP contribution < -0.4 is 0 Å². The van der Waals surface area contributed by atoms with Crippen molar-refractivity contribution in [2.45, 2.75) is 32.2 Å². The lowest BCUT2D eigenvalue weighted by molar-refractivity contribution is 0.193. The van der Waals surface area contributed by atoms with E-state index in [1.165, 1.54) is 10.9 Å². The molecule has 0 bridgehead atoms. The summed E-state index contributed by atoms with van der Waals surface area (Å²) >= 11 is 1.67. The summed E-state index contributed by atoms with van der Waals surface area (Å²) in [4.78, 5) is 4.62. The van der Waals surface area contributed by atoms with Gasteiger partial charge in [0, 0.05) is 17.3 Å². The highest BCUT2D eigenvalue weighted by Crippen LogP contribution is 2.32. The number of thiophene rings is 1. The molecule has 4 rings (SSSR count). The lowest BCUT2D eigenvalue weighted by atomic mass is 9.96. The average Bonchev–Trinajstić information content (AvgIpc) is 3.25. The van der Waals surface area contributed by atoms with Crippen molar-refractivity contribution in [3.8, 4) is 10.8 Å². The van der Waals surface area contributed by atoms with E-state index in [0.717, 1.165) is 48.8 Å². The largest absolute Gasteiger partial charge is 0.420 e. The molecule has 0 unspecified atom stereocenters. The zero-order chi connectivity index (χ0) is 17.2. The third-order valence-corrected chi connectivity index (χ3v) is 5.61. The second kappa shape index (κ2) is 7.06. The number of benzene rings is 1. The minimum Gasteiger partial charge on any atom is -0.420 e. The fourth-order valence-electron chi connectivity index (χ4n) is 3.28. The minimum absolute atomic E-state index is 0.172.